The van der Waals surface area contributed by atoms with Gasteiger partial charge in [0.25, 0.3) is 5.91 Å². The Kier molecular flexibility index (Phi) is 6.67. The van der Waals surface area contributed by atoms with Crippen molar-refractivity contribution in [1.29, 1.82) is 0 Å². The first-order valence-corrected chi connectivity index (χ1v) is 8.25. The third kappa shape index (κ3) is 4.56. The summed E-state index contributed by atoms with van der Waals surface area (Å²) in [7, 11) is 0. The molecule has 0 radical (unpaired) electrons. The van der Waals surface area contributed by atoms with E-state index in [-0.39, 0.29) is 36.0 Å². The topological polar surface area (TPSA) is 55.1 Å². The lowest BCUT2D eigenvalue weighted by Crippen LogP contribution is -2.40. The van der Waals surface area contributed by atoms with Gasteiger partial charge in [0, 0.05) is 17.6 Å². The smallest absolute Gasteiger partial charge is 0.251 e. The first-order chi connectivity index (χ1) is 11.9. The van der Waals surface area contributed by atoms with Gasteiger partial charge in [0.1, 0.15) is 0 Å². The van der Waals surface area contributed by atoms with Crippen molar-refractivity contribution in [2.75, 3.05) is 0 Å². The molecule has 1 fully saturated rings. The largest absolute Gasteiger partial charge is 0.349 e. The van der Waals surface area contributed by atoms with Gasteiger partial charge in [-0.25, -0.2) is 13.2 Å². The minimum absolute atomic E-state index is 0. The molecule has 2 aromatic rings. The van der Waals surface area contributed by atoms with Crippen molar-refractivity contribution in [3.63, 3.8) is 0 Å². The molecule has 1 aliphatic rings. The van der Waals surface area contributed by atoms with Crippen LogP contribution in [0.2, 0.25) is 0 Å². The van der Waals surface area contributed by atoms with Crippen molar-refractivity contribution >= 4 is 18.3 Å². The molecule has 3 rings (SSSR count). The van der Waals surface area contributed by atoms with Crippen molar-refractivity contribution in [2.24, 2.45) is 5.73 Å². The zero-order chi connectivity index (χ0) is 18.0. The number of rotatable bonds is 3. The second-order valence-corrected chi connectivity index (χ2v) is 6.42. The normalized spacial score (nSPS) is 19.5. The molecule has 0 unspecified atom stereocenters. The first kappa shape index (κ1) is 20.3. The van der Waals surface area contributed by atoms with Gasteiger partial charge in [0.15, 0.2) is 17.5 Å². The quantitative estimate of drug-likeness (QED) is 0.779. The molecule has 26 heavy (non-hydrogen) atoms. The number of nitrogens with two attached hydrogens (primary N) is 1. The van der Waals surface area contributed by atoms with Crippen molar-refractivity contribution in [3.05, 3.63) is 59.4 Å². The van der Waals surface area contributed by atoms with Crippen LogP contribution in [0.15, 0.2) is 36.4 Å². The SMILES string of the molecule is Cl.NC1CCC(NC(=O)c2ccc(-c3cc(F)c(F)c(F)c3)cc2)CC1. The monoisotopic (exact) mass is 384 g/mol. The maximum Gasteiger partial charge on any atom is 0.251 e. The number of halogens is 4. The first-order valence-electron chi connectivity index (χ1n) is 8.25. The zero-order valence-corrected chi connectivity index (χ0v) is 14.8. The molecule has 3 nitrogen and oxygen atoms in total. The van der Waals surface area contributed by atoms with Crippen LogP contribution in [0.5, 0.6) is 0 Å². The van der Waals surface area contributed by atoms with Crippen molar-refractivity contribution in [3.8, 4) is 11.1 Å². The molecule has 3 N–H and O–H groups in total. The number of hydrogen-bond donors (Lipinski definition) is 2. The van der Waals surface area contributed by atoms with Crippen molar-refractivity contribution < 1.29 is 18.0 Å². The van der Waals surface area contributed by atoms with E-state index in [9.17, 15) is 18.0 Å². The minimum atomic E-state index is -1.49. The van der Waals surface area contributed by atoms with Crippen LogP contribution in [-0.4, -0.2) is 18.0 Å². The fourth-order valence-corrected chi connectivity index (χ4v) is 3.07. The highest BCUT2D eigenvalue weighted by molar-refractivity contribution is 5.94. The molecule has 0 atom stereocenters. The number of nitrogens with one attached hydrogen (secondary N) is 1. The van der Waals surface area contributed by atoms with Gasteiger partial charge in [-0.15, -0.1) is 12.4 Å². The van der Waals surface area contributed by atoms with Gasteiger partial charge in [0.05, 0.1) is 0 Å². The van der Waals surface area contributed by atoms with Crippen LogP contribution in [0, 0.1) is 17.5 Å². The maximum atomic E-state index is 13.3. The van der Waals surface area contributed by atoms with E-state index in [0.717, 1.165) is 37.8 Å². The number of carbonyl (C=O) groups excluding carboxylic acids is 1. The Morgan fingerprint density at radius 1 is 0.923 bits per heavy atom. The lowest BCUT2D eigenvalue weighted by Gasteiger charge is -2.26. The van der Waals surface area contributed by atoms with Crippen molar-refractivity contribution in [2.45, 2.75) is 37.8 Å². The molecule has 0 aromatic heterocycles. The Bertz CT molecular complexity index is 752. The minimum Gasteiger partial charge on any atom is -0.349 e. The molecular weight excluding hydrogens is 365 g/mol. The van der Waals surface area contributed by atoms with E-state index in [1.807, 2.05) is 0 Å². The Labute approximate surface area is 156 Å². The molecule has 0 spiro atoms. The number of hydrogen-bond acceptors (Lipinski definition) is 2. The molecule has 1 aliphatic carbocycles. The van der Waals surface area contributed by atoms with Crippen LogP contribution in [-0.2, 0) is 0 Å². The molecule has 0 aliphatic heterocycles. The van der Waals surface area contributed by atoms with Crippen LogP contribution in [0.1, 0.15) is 36.0 Å². The summed E-state index contributed by atoms with van der Waals surface area (Å²) in [5, 5.41) is 2.98. The molecule has 0 saturated heterocycles. The van der Waals surface area contributed by atoms with E-state index >= 15 is 0 Å². The van der Waals surface area contributed by atoms with E-state index in [2.05, 4.69) is 5.32 Å². The Hall–Kier alpha value is -2.05. The predicted octanol–water partition coefficient (Wildman–Crippen LogP) is 4.19. The second-order valence-electron chi connectivity index (χ2n) is 6.42. The summed E-state index contributed by atoms with van der Waals surface area (Å²) in [6.45, 7) is 0. The number of benzene rings is 2. The molecule has 2 aromatic carbocycles. The predicted molar refractivity (Wildman–Crippen MR) is 96.7 cm³/mol. The highest BCUT2D eigenvalue weighted by Gasteiger charge is 2.20. The van der Waals surface area contributed by atoms with Crippen molar-refractivity contribution in [1.82, 2.24) is 5.32 Å². The maximum absolute atomic E-state index is 13.3. The van der Waals surface area contributed by atoms with E-state index in [4.69, 9.17) is 5.73 Å². The fraction of sp³-hybridized carbons (Fsp3) is 0.316. The Morgan fingerprint density at radius 2 is 1.46 bits per heavy atom. The van der Waals surface area contributed by atoms with E-state index in [1.165, 1.54) is 0 Å². The molecule has 7 heteroatoms. The van der Waals surface area contributed by atoms with Crippen LogP contribution < -0.4 is 11.1 Å². The Balaban J connectivity index is 0.00000243. The molecule has 0 heterocycles. The van der Waals surface area contributed by atoms with E-state index in [1.54, 1.807) is 24.3 Å². The summed E-state index contributed by atoms with van der Waals surface area (Å²) in [5.41, 5.74) is 7.02. The number of carbonyl (C=O) groups is 1. The van der Waals surface area contributed by atoms with Gasteiger partial charge in [-0.1, -0.05) is 12.1 Å². The average molecular weight is 385 g/mol. The summed E-state index contributed by atoms with van der Waals surface area (Å²) in [5.74, 6) is -4.17. The summed E-state index contributed by atoms with van der Waals surface area (Å²) in [6.07, 6.45) is 3.51. The summed E-state index contributed by atoms with van der Waals surface area (Å²) < 4.78 is 39.7. The van der Waals surface area contributed by atoms with Crippen LogP contribution in [0.4, 0.5) is 13.2 Å². The zero-order valence-electron chi connectivity index (χ0n) is 14.0. The lowest BCUT2D eigenvalue weighted by molar-refractivity contribution is 0.0926. The van der Waals surface area contributed by atoms with Gasteiger partial charge < -0.3 is 11.1 Å². The fourth-order valence-electron chi connectivity index (χ4n) is 3.07. The summed E-state index contributed by atoms with van der Waals surface area (Å²) in [4.78, 5) is 12.3. The molecule has 0 bridgehead atoms. The van der Waals surface area contributed by atoms with Gasteiger partial charge in [-0.3, -0.25) is 4.79 Å². The standard InChI is InChI=1S/C19H19F3N2O.ClH/c20-16-9-13(10-17(21)18(16)22)11-1-3-12(4-2-11)19(25)24-15-7-5-14(23)6-8-15;/h1-4,9-10,14-15H,5-8,23H2,(H,24,25);1H. The highest BCUT2D eigenvalue weighted by Crippen LogP contribution is 2.24. The molecule has 1 saturated carbocycles. The van der Waals surface area contributed by atoms with Gasteiger partial charge >= 0.3 is 0 Å². The average Bonchev–Trinajstić information content (AvgIpc) is 2.61. The van der Waals surface area contributed by atoms with E-state index in [0.29, 0.717) is 11.1 Å². The van der Waals surface area contributed by atoms with Gasteiger partial charge in [-0.2, -0.15) is 0 Å². The highest BCUT2D eigenvalue weighted by atomic mass is 35.5. The molecule has 1 amide bonds. The second kappa shape index (κ2) is 8.56. The van der Waals surface area contributed by atoms with Crippen LogP contribution in [0.25, 0.3) is 11.1 Å². The summed E-state index contributed by atoms with van der Waals surface area (Å²) in [6, 6.07) is 8.51. The third-order valence-electron chi connectivity index (χ3n) is 4.57. The lowest BCUT2D eigenvalue weighted by atomic mass is 9.91. The van der Waals surface area contributed by atoms with Crippen LogP contribution in [0.3, 0.4) is 0 Å². The molecule has 140 valence electrons. The molecular formula is C19H20ClF3N2O. The van der Waals surface area contributed by atoms with Gasteiger partial charge in [0.2, 0.25) is 0 Å². The number of amides is 1. The third-order valence-corrected chi connectivity index (χ3v) is 4.57. The Morgan fingerprint density at radius 3 is 2.00 bits per heavy atom. The van der Waals surface area contributed by atoms with Gasteiger partial charge in [-0.05, 0) is 61.1 Å². The summed E-state index contributed by atoms with van der Waals surface area (Å²) >= 11 is 0. The van der Waals surface area contributed by atoms with Crippen LogP contribution >= 0.6 is 12.4 Å². The van der Waals surface area contributed by atoms with E-state index < -0.39 is 17.5 Å².